The van der Waals surface area contributed by atoms with E-state index >= 15 is 4.79 Å². The van der Waals surface area contributed by atoms with Crippen molar-refractivity contribution in [2.24, 2.45) is 0 Å². The average molecular weight is 876 g/mol. The molecular formula is C54H77N5O5. The minimum absolute atomic E-state index is 0.101. The SMILES string of the molecule is CCCCCCCCCCOC(C)C1=C(C)c2cc3[nH]c(c4c5[nH]c(cc6nc(cc1n2)C(C)=C6CC)c(C)c5C(=O)N(CCCCCCCCCC)C4=O)[C@@H](CCC(=O)OC)[C@@H]3C. The largest absolute Gasteiger partial charge is 0.469 e. The third-order valence-corrected chi connectivity index (χ3v) is 14.3. The number of fused-ring (bicyclic) bond motifs is 8. The van der Waals surface area contributed by atoms with E-state index in [1.54, 1.807) is 0 Å². The van der Waals surface area contributed by atoms with Gasteiger partial charge in [-0.05, 0) is 93.9 Å². The van der Waals surface area contributed by atoms with Crippen LogP contribution < -0.4 is 0 Å². The van der Waals surface area contributed by atoms with E-state index in [0.717, 1.165) is 106 Å². The third kappa shape index (κ3) is 10.9. The molecule has 2 amide bonds. The Bertz CT molecular complexity index is 2280. The van der Waals surface area contributed by atoms with Gasteiger partial charge >= 0.3 is 5.97 Å². The molecule has 1 unspecified atom stereocenters. The molecule has 0 aliphatic carbocycles. The predicted octanol–water partition coefficient (Wildman–Crippen LogP) is 13.7. The van der Waals surface area contributed by atoms with Gasteiger partial charge in [0.1, 0.15) is 0 Å². The average Bonchev–Trinajstić information content (AvgIpc) is 3.97. The molecule has 8 bridgehead atoms. The molecule has 10 nitrogen and oxygen atoms in total. The molecule has 4 aliphatic rings. The van der Waals surface area contributed by atoms with E-state index in [0.29, 0.717) is 36.2 Å². The number of methoxy groups -OCH3 is 1. The number of allylic oxidation sites excluding steroid dienone is 3. The second-order valence-corrected chi connectivity index (χ2v) is 18.7. The van der Waals surface area contributed by atoms with E-state index in [2.05, 4.69) is 70.6 Å². The lowest BCUT2D eigenvalue weighted by molar-refractivity contribution is -0.140. The number of rotatable bonds is 24. The lowest BCUT2D eigenvalue weighted by Gasteiger charge is -2.27. The number of ether oxygens (including phenoxy) is 2. The summed E-state index contributed by atoms with van der Waals surface area (Å²) in [6, 6.07) is 6.27. The van der Waals surface area contributed by atoms with Gasteiger partial charge in [0, 0.05) is 53.9 Å². The van der Waals surface area contributed by atoms with Gasteiger partial charge in [0.25, 0.3) is 11.8 Å². The molecule has 0 spiro atoms. The first-order chi connectivity index (χ1) is 30.9. The first-order valence-corrected chi connectivity index (χ1v) is 25.0. The fourth-order valence-corrected chi connectivity index (χ4v) is 10.2. The van der Waals surface area contributed by atoms with E-state index in [-0.39, 0.29) is 42.1 Å². The lowest BCUT2D eigenvalue weighted by atomic mass is 9.84. The van der Waals surface area contributed by atoms with Crippen LogP contribution in [0, 0.1) is 6.92 Å². The van der Waals surface area contributed by atoms with Gasteiger partial charge in [0.2, 0.25) is 0 Å². The summed E-state index contributed by atoms with van der Waals surface area (Å²) in [5.41, 5.74) is 12.4. The van der Waals surface area contributed by atoms with Gasteiger partial charge in [0.05, 0.1) is 52.6 Å². The fourth-order valence-electron chi connectivity index (χ4n) is 10.2. The van der Waals surface area contributed by atoms with Crippen molar-refractivity contribution in [2.45, 2.75) is 195 Å². The molecule has 10 heteroatoms. The van der Waals surface area contributed by atoms with Crippen LogP contribution in [0.15, 0.2) is 18.2 Å². The summed E-state index contributed by atoms with van der Waals surface area (Å²) in [6.45, 7) is 18.2. The van der Waals surface area contributed by atoms with Crippen LogP contribution in [-0.4, -0.2) is 69.0 Å². The monoisotopic (exact) mass is 876 g/mol. The number of hydrogen-bond donors (Lipinski definition) is 2. The summed E-state index contributed by atoms with van der Waals surface area (Å²) in [7, 11) is 1.41. The topological polar surface area (TPSA) is 130 Å². The van der Waals surface area contributed by atoms with Crippen molar-refractivity contribution in [2.75, 3.05) is 20.3 Å². The van der Waals surface area contributed by atoms with Gasteiger partial charge in [-0.25, -0.2) is 9.97 Å². The Morgan fingerprint density at radius 1 is 0.734 bits per heavy atom. The van der Waals surface area contributed by atoms with Crippen LogP contribution >= 0.6 is 0 Å². The van der Waals surface area contributed by atoms with Crippen molar-refractivity contribution in [3.8, 4) is 0 Å². The first kappa shape index (κ1) is 48.9. The van der Waals surface area contributed by atoms with Crippen LogP contribution in [0.3, 0.4) is 0 Å². The predicted molar refractivity (Wildman–Crippen MR) is 261 cm³/mol. The molecule has 6 heterocycles. The molecule has 0 radical (unpaired) electrons. The van der Waals surface area contributed by atoms with Crippen LogP contribution in [0.1, 0.15) is 243 Å². The van der Waals surface area contributed by atoms with Crippen molar-refractivity contribution in [3.05, 3.63) is 69.1 Å². The second-order valence-electron chi connectivity index (χ2n) is 18.7. The normalized spacial score (nSPS) is 17.2. The Hall–Kier alpha value is -4.57. The van der Waals surface area contributed by atoms with E-state index in [1.165, 1.54) is 82.6 Å². The molecule has 6 rings (SSSR count). The Balaban J connectivity index is 1.48. The highest BCUT2D eigenvalue weighted by atomic mass is 16.5. The smallest absolute Gasteiger partial charge is 0.305 e. The lowest BCUT2D eigenvalue weighted by Crippen LogP contribution is -2.41. The van der Waals surface area contributed by atoms with Crippen molar-refractivity contribution in [1.29, 1.82) is 0 Å². The van der Waals surface area contributed by atoms with Crippen molar-refractivity contribution in [3.63, 3.8) is 0 Å². The van der Waals surface area contributed by atoms with Crippen LogP contribution in [-0.2, 0) is 14.3 Å². The molecule has 0 saturated heterocycles. The van der Waals surface area contributed by atoms with E-state index in [9.17, 15) is 9.59 Å². The minimum Gasteiger partial charge on any atom is -0.469 e. The molecule has 2 aromatic rings. The van der Waals surface area contributed by atoms with Gasteiger partial charge in [-0.15, -0.1) is 0 Å². The number of esters is 1. The van der Waals surface area contributed by atoms with Crippen molar-refractivity contribution < 1.29 is 23.9 Å². The Morgan fingerprint density at radius 3 is 1.97 bits per heavy atom. The van der Waals surface area contributed by atoms with E-state index in [1.807, 2.05) is 13.0 Å². The maximum Gasteiger partial charge on any atom is 0.305 e. The van der Waals surface area contributed by atoms with Crippen molar-refractivity contribution >= 4 is 51.1 Å². The van der Waals surface area contributed by atoms with Crippen LogP contribution in [0.2, 0.25) is 0 Å². The van der Waals surface area contributed by atoms with Gasteiger partial charge in [-0.2, -0.15) is 0 Å². The zero-order chi connectivity index (χ0) is 45.9. The van der Waals surface area contributed by atoms with Crippen LogP contribution in [0.4, 0.5) is 0 Å². The molecule has 2 aromatic heterocycles. The molecular weight excluding hydrogens is 799 g/mol. The quantitative estimate of drug-likeness (QED) is 0.0610. The number of imide groups is 1. The standard InChI is InChI=1S/C54H77N5O5/c1-10-13-15-17-19-21-23-25-29-59-53(61)49-37(7)44-32-45-39(12-3)34(4)41(55-45)33-46-48(38(8)64-30-26-24-22-20-18-16-14-11-2)36(6)43(56-46)31-42-35(5)40(27-28-47(60)63-9)51(57-42)50(54(59)62)52(49)58-44/h31-33,35,38,40,57-58H,10-30H2,1-9H3/t35-,38?,40-/m0/s1. The summed E-state index contributed by atoms with van der Waals surface area (Å²) >= 11 is 0. The van der Waals surface area contributed by atoms with Crippen LogP contribution in [0.5, 0.6) is 0 Å². The van der Waals surface area contributed by atoms with Gasteiger partial charge in [-0.1, -0.05) is 118 Å². The molecule has 64 heavy (non-hydrogen) atoms. The fraction of sp³-hybridized carbons (Fsp3) is 0.611. The number of nitrogens with zero attached hydrogens (tertiary/aromatic N) is 3. The number of aromatic amines is 2. The number of nitrogens with one attached hydrogen (secondary N) is 2. The van der Waals surface area contributed by atoms with Gasteiger partial charge in [-0.3, -0.25) is 19.3 Å². The summed E-state index contributed by atoms with van der Waals surface area (Å²) in [6.07, 6.45) is 20.1. The molecule has 2 N–H and O–H groups in total. The maximum absolute atomic E-state index is 15.0. The highest BCUT2D eigenvalue weighted by molar-refractivity contribution is 6.23. The van der Waals surface area contributed by atoms with Crippen molar-refractivity contribution in [1.82, 2.24) is 24.8 Å². The number of aromatic nitrogens is 4. The Morgan fingerprint density at radius 2 is 1.33 bits per heavy atom. The van der Waals surface area contributed by atoms with Gasteiger partial charge < -0.3 is 19.4 Å². The number of unbranched alkanes of at least 4 members (excludes halogenated alkanes) is 14. The number of carbonyl (C=O) groups is 3. The minimum atomic E-state index is -0.309. The number of aryl methyl sites for hydroxylation is 1. The molecule has 0 aromatic carbocycles. The number of hydrogen-bond acceptors (Lipinski definition) is 7. The summed E-state index contributed by atoms with van der Waals surface area (Å²) in [5.74, 6) is -1.21. The third-order valence-electron chi connectivity index (χ3n) is 14.3. The summed E-state index contributed by atoms with van der Waals surface area (Å²) in [5, 5.41) is 0. The molecule has 0 saturated carbocycles. The zero-order valence-electron chi connectivity index (χ0n) is 40.7. The Kier molecular flexibility index (Phi) is 17.6. The molecule has 348 valence electrons. The highest BCUT2D eigenvalue weighted by Crippen LogP contribution is 2.45. The number of carbonyl (C=O) groups excluding carboxylic acids is 3. The molecule has 3 atom stereocenters. The molecule has 0 fully saturated rings. The molecule has 4 aliphatic heterocycles. The summed E-state index contributed by atoms with van der Waals surface area (Å²) in [4.78, 5) is 61.7. The zero-order valence-corrected chi connectivity index (χ0v) is 40.7. The van der Waals surface area contributed by atoms with E-state index < -0.39 is 0 Å². The number of amides is 2. The van der Waals surface area contributed by atoms with Gasteiger partial charge in [0.15, 0.2) is 0 Å². The summed E-state index contributed by atoms with van der Waals surface area (Å²) < 4.78 is 11.7. The second kappa shape index (κ2) is 23.1. The van der Waals surface area contributed by atoms with E-state index in [4.69, 9.17) is 19.4 Å². The highest BCUT2D eigenvalue weighted by Gasteiger charge is 2.40. The maximum atomic E-state index is 15.0. The first-order valence-electron chi connectivity index (χ1n) is 25.0. The Labute approximate surface area is 383 Å². The van der Waals surface area contributed by atoms with Crippen LogP contribution in [0.25, 0.3) is 33.3 Å². The number of H-pyrrole nitrogens is 2.